The summed E-state index contributed by atoms with van der Waals surface area (Å²) in [5.74, 6) is -0.789. The van der Waals surface area contributed by atoms with Crippen molar-refractivity contribution in [1.82, 2.24) is 10.7 Å². The maximum atomic E-state index is 12.7. The number of nitrogens with one attached hydrogen (secondary N) is 2. The normalized spacial score (nSPS) is 14.8. The van der Waals surface area contributed by atoms with Crippen LogP contribution in [0.3, 0.4) is 0 Å². The van der Waals surface area contributed by atoms with Gasteiger partial charge in [-0.15, -0.1) is 0 Å². The van der Waals surface area contributed by atoms with Gasteiger partial charge in [-0.05, 0) is 37.1 Å². The molecule has 0 atom stereocenters. The van der Waals surface area contributed by atoms with Crippen LogP contribution in [-0.4, -0.2) is 24.1 Å². The van der Waals surface area contributed by atoms with E-state index >= 15 is 0 Å². The summed E-state index contributed by atoms with van der Waals surface area (Å²) in [6.45, 7) is 0. The maximum absolute atomic E-state index is 12.7. The fraction of sp³-hybridized carbons (Fsp3) is 0.286. The number of rotatable bonds is 5. The van der Waals surface area contributed by atoms with E-state index in [0.717, 1.165) is 25.7 Å². The summed E-state index contributed by atoms with van der Waals surface area (Å²) in [4.78, 5) is 25.3. The van der Waals surface area contributed by atoms with Gasteiger partial charge in [0.1, 0.15) is 0 Å². The first-order chi connectivity index (χ1) is 13.5. The zero-order valence-electron chi connectivity index (χ0n) is 15.3. The van der Waals surface area contributed by atoms with Crippen LogP contribution in [0.5, 0.6) is 0 Å². The second kappa shape index (κ2) is 9.71. The van der Waals surface area contributed by atoms with E-state index in [-0.39, 0.29) is 23.1 Å². The Morgan fingerprint density at radius 1 is 0.964 bits per heavy atom. The van der Waals surface area contributed by atoms with Gasteiger partial charge < -0.3 is 5.32 Å². The van der Waals surface area contributed by atoms with Crippen molar-refractivity contribution in [3.05, 3.63) is 69.2 Å². The van der Waals surface area contributed by atoms with Gasteiger partial charge in [-0.25, -0.2) is 5.43 Å². The van der Waals surface area contributed by atoms with Crippen molar-refractivity contribution in [3.63, 3.8) is 0 Å². The molecule has 1 fully saturated rings. The third-order valence-corrected chi connectivity index (χ3v) is 5.27. The van der Waals surface area contributed by atoms with Gasteiger partial charge in [0.15, 0.2) is 0 Å². The Kier molecular flexibility index (Phi) is 7.06. The highest BCUT2D eigenvalue weighted by Crippen LogP contribution is 2.20. The van der Waals surface area contributed by atoms with Crippen LogP contribution < -0.4 is 10.7 Å². The lowest BCUT2D eigenvalue weighted by Gasteiger charge is -2.23. The topological polar surface area (TPSA) is 70.6 Å². The second-order valence-corrected chi connectivity index (χ2v) is 7.56. The first kappa shape index (κ1) is 20.4. The molecule has 7 heteroatoms. The zero-order valence-corrected chi connectivity index (χ0v) is 16.8. The number of nitrogens with zero attached hydrogens (tertiary/aromatic N) is 1. The lowest BCUT2D eigenvalue weighted by Crippen LogP contribution is -2.37. The number of hydrogen-bond acceptors (Lipinski definition) is 3. The summed E-state index contributed by atoms with van der Waals surface area (Å²) < 4.78 is 0. The number of carbonyl (C=O) groups excluding carboxylic acids is 2. The summed E-state index contributed by atoms with van der Waals surface area (Å²) in [6, 6.07) is 11.9. The van der Waals surface area contributed by atoms with Crippen molar-refractivity contribution >= 4 is 41.2 Å². The molecule has 5 nitrogen and oxygen atoms in total. The Morgan fingerprint density at radius 3 is 2.46 bits per heavy atom. The van der Waals surface area contributed by atoms with E-state index in [2.05, 4.69) is 15.8 Å². The molecule has 0 radical (unpaired) electrons. The second-order valence-electron chi connectivity index (χ2n) is 6.72. The molecule has 0 aromatic heterocycles. The number of benzene rings is 2. The summed E-state index contributed by atoms with van der Waals surface area (Å²) in [5, 5.41) is 7.86. The Balaban J connectivity index is 1.73. The summed E-state index contributed by atoms with van der Waals surface area (Å²) in [6.07, 6.45) is 6.79. The number of hydrogen-bond donors (Lipinski definition) is 2. The molecular weight excluding hydrogens is 397 g/mol. The number of halogens is 2. The first-order valence-corrected chi connectivity index (χ1v) is 9.98. The Bertz CT molecular complexity index is 893. The number of carbonyl (C=O) groups is 2. The van der Waals surface area contributed by atoms with Crippen LogP contribution in [0.2, 0.25) is 10.0 Å². The Labute approximate surface area is 174 Å². The predicted molar refractivity (Wildman–Crippen MR) is 112 cm³/mol. The zero-order chi connectivity index (χ0) is 19.9. The molecule has 2 amide bonds. The average molecular weight is 418 g/mol. The van der Waals surface area contributed by atoms with E-state index in [9.17, 15) is 9.59 Å². The van der Waals surface area contributed by atoms with Gasteiger partial charge in [-0.2, -0.15) is 5.10 Å². The van der Waals surface area contributed by atoms with Crippen LogP contribution in [0.4, 0.5) is 0 Å². The fourth-order valence-electron chi connectivity index (χ4n) is 3.21. The van der Waals surface area contributed by atoms with Crippen molar-refractivity contribution in [2.45, 2.75) is 38.1 Å². The predicted octanol–water partition coefficient (Wildman–Crippen LogP) is 4.82. The first-order valence-electron chi connectivity index (χ1n) is 9.23. The molecule has 2 aromatic rings. The third-order valence-electron chi connectivity index (χ3n) is 4.69. The molecule has 28 heavy (non-hydrogen) atoms. The number of hydrazone groups is 1. The Hall–Kier alpha value is -2.37. The molecule has 1 aliphatic carbocycles. The highest BCUT2D eigenvalue weighted by Gasteiger charge is 2.21. The van der Waals surface area contributed by atoms with Gasteiger partial charge in [-0.3, -0.25) is 9.59 Å². The van der Waals surface area contributed by atoms with Gasteiger partial charge >= 0.3 is 0 Å². The standard InChI is InChI=1S/C21H21Cl2N3O2/c22-15-10-11-17(20(27)25-16-7-2-1-3-8-16)18(12-15)21(28)26-24-13-14-6-4-5-9-19(14)23/h4-6,9-13,16H,1-3,7-8H2,(H,25,27)(H,26,28)/b24-13+. The minimum absolute atomic E-state index is 0.145. The highest BCUT2D eigenvalue weighted by molar-refractivity contribution is 6.33. The minimum Gasteiger partial charge on any atom is -0.349 e. The van der Waals surface area contributed by atoms with E-state index < -0.39 is 5.91 Å². The Morgan fingerprint density at radius 2 is 1.71 bits per heavy atom. The summed E-state index contributed by atoms with van der Waals surface area (Å²) in [7, 11) is 0. The van der Waals surface area contributed by atoms with E-state index in [1.54, 1.807) is 30.3 Å². The van der Waals surface area contributed by atoms with Crippen LogP contribution in [0.1, 0.15) is 58.4 Å². The molecule has 0 spiro atoms. The molecular formula is C21H21Cl2N3O2. The molecule has 2 N–H and O–H groups in total. The highest BCUT2D eigenvalue weighted by atomic mass is 35.5. The molecule has 146 valence electrons. The molecule has 2 aromatic carbocycles. The maximum Gasteiger partial charge on any atom is 0.272 e. The molecule has 0 heterocycles. The largest absolute Gasteiger partial charge is 0.349 e. The molecule has 0 aliphatic heterocycles. The van der Waals surface area contributed by atoms with Crippen LogP contribution in [-0.2, 0) is 0 Å². The molecule has 0 bridgehead atoms. The smallest absolute Gasteiger partial charge is 0.272 e. The molecule has 1 aliphatic rings. The number of amides is 2. The molecule has 1 saturated carbocycles. The molecule has 3 rings (SSSR count). The van der Waals surface area contributed by atoms with Crippen molar-refractivity contribution in [2.24, 2.45) is 5.10 Å². The van der Waals surface area contributed by atoms with Crippen molar-refractivity contribution in [2.75, 3.05) is 0 Å². The fourth-order valence-corrected chi connectivity index (χ4v) is 3.57. The monoisotopic (exact) mass is 417 g/mol. The summed E-state index contributed by atoms with van der Waals surface area (Å²) in [5.41, 5.74) is 3.56. The van der Waals surface area contributed by atoms with Gasteiger partial charge in [0.2, 0.25) is 0 Å². The van der Waals surface area contributed by atoms with Crippen LogP contribution in [0, 0.1) is 0 Å². The van der Waals surface area contributed by atoms with E-state index in [0.29, 0.717) is 15.6 Å². The third kappa shape index (κ3) is 5.33. The quantitative estimate of drug-likeness (QED) is 0.540. The van der Waals surface area contributed by atoms with Gasteiger partial charge in [0.25, 0.3) is 11.8 Å². The molecule has 0 unspecified atom stereocenters. The van der Waals surface area contributed by atoms with E-state index in [1.165, 1.54) is 18.7 Å². The van der Waals surface area contributed by atoms with Gasteiger partial charge in [0, 0.05) is 21.7 Å². The molecule has 0 saturated heterocycles. The van der Waals surface area contributed by atoms with Crippen molar-refractivity contribution in [1.29, 1.82) is 0 Å². The van der Waals surface area contributed by atoms with Gasteiger partial charge in [-0.1, -0.05) is 60.7 Å². The van der Waals surface area contributed by atoms with Crippen LogP contribution in [0.15, 0.2) is 47.6 Å². The van der Waals surface area contributed by atoms with Crippen molar-refractivity contribution in [3.8, 4) is 0 Å². The lowest BCUT2D eigenvalue weighted by molar-refractivity contribution is 0.0904. The van der Waals surface area contributed by atoms with Crippen LogP contribution in [0.25, 0.3) is 0 Å². The lowest BCUT2D eigenvalue weighted by atomic mass is 9.95. The van der Waals surface area contributed by atoms with E-state index in [4.69, 9.17) is 23.2 Å². The van der Waals surface area contributed by atoms with Crippen molar-refractivity contribution < 1.29 is 9.59 Å². The van der Waals surface area contributed by atoms with Gasteiger partial charge in [0.05, 0.1) is 17.3 Å². The van der Waals surface area contributed by atoms with Crippen LogP contribution >= 0.6 is 23.2 Å². The summed E-state index contributed by atoms with van der Waals surface area (Å²) >= 11 is 12.1. The van der Waals surface area contributed by atoms with E-state index in [1.807, 2.05) is 6.07 Å². The average Bonchev–Trinajstić information content (AvgIpc) is 2.70. The minimum atomic E-state index is -0.514. The SMILES string of the molecule is O=C(N/N=C/c1ccccc1Cl)c1cc(Cl)ccc1C(=O)NC1CCCCC1.